The summed E-state index contributed by atoms with van der Waals surface area (Å²) in [6.45, 7) is 15.8. The Hall–Kier alpha value is -2.42. The van der Waals surface area contributed by atoms with Crippen LogP contribution < -0.4 is 10.4 Å². The van der Waals surface area contributed by atoms with Crippen LogP contribution in [0.1, 0.15) is 43.0 Å². The molecule has 0 spiro atoms. The van der Waals surface area contributed by atoms with E-state index in [9.17, 15) is 0 Å². The highest BCUT2D eigenvalue weighted by Crippen LogP contribution is 2.37. The Balaban J connectivity index is 2.12. The zero-order chi connectivity index (χ0) is 21.1. The van der Waals surface area contributed by atoms with Crippen LogP contribution in [-0.2, 0) is 11.0 Å². The smallest absolute Gasteiger partial charge is 0.261 e. The van der Waals surface area contributed by atoms with Crippen molar-refractivity contribution >= 4 is 24.8 Å². The van der Waals surface area contributed by atoms with E-state index in [1.54, 1.807) is 0 Å². The summed E-state index contributed by atoms with van der Waals surface area (Å²) in [6, 6.07) is 26.1. The molecule has 0 unspecified atom stereocenters. The third-order valence-electron chi connectivity index (χ3n) is 5.81. The largest absolute Gasteiger partial charge is 0.403 e. The maximum absolute atomic E-state index is 7.07. The summed E-state index contributed by atoms with van der Waals surface area (Å²) < 4.78 is 7.07. The topological polar surface area (TPSA) is 9.23 Å². The minimum Gasteiger partial charge on any atom is -0.403 e. The molecule has 3 aromatic carbocycles. The summed E-state index contributed by atoms with van der Waals surface area (Å²) in [7, 11) is -2.51. The van der Waals surface area contributed by atoms with Crippen LogP contribution in [0.5, 0.6) is 0 Å². The molecule has 0 N–H and O–H groups in total. The van der Waals surface area contributed by atoms with Crippen molar-refractivity contribution in [2.24, 2.45) is 0 Å². The lowest BCUT2D eigenvalue weighted by Crippen LogP contribution is -2.66. The molecule has 0 fully saturated rings. The van der Waals surface area contributed by atoms with E-state index >= 15 is 0 Å². The molecule has 0 aliphatic heterocycles. The van der Waals surface area contributed by atoms with E-state index in [-0.39, 0.29) is 5.04 Å². The Bertz CT molecular complexity index is 929. The van der Waals surface area contributed by atoms with E-state index in [1.807, 2.05) is 6.08 Å². The lowest BCUT2D eigenvalue weighted by Gasteiger charge is -2.43. The first-order chi connectivity index (χ1) is 13.8. The second-order valence-electron chi connectivity index (χ2n) is 8.79. The molecule has 29 heavy (non-hydrogen) atoms. The monoisotopic (exact) mass is 400 g/mol. The normalized spacial score (nSPS) is 12.0. The van der Waals surface area contributed by atoms with Gasteiger partial charge in [-0.15, -0.1) is 0 Å². The quantitative estimate of drug-likeness (QED) is 0.460. The molecule has 3 aromatic rings. The van der Waals surface area contributed by atoms with Gasteiger partial charge in [0.1, 0.15) is 0 Å². The maximum atomic E-state index is 7.07. The minimum absolute atomic E-state index is 0.0142. The Morgan fingerprint density at radius 1 is 0.828 bits per heavy atom. The van der Waals surface area contributed by atoms with Crippen LogP contribution in [0.4, 0.5) is 0 Å². The van der Waals surface area contributed by atoms with Gasteiger partial charge < -0.3 is 4.43 Å². The van der Waals surface area contributed by atoms with Crippen LogP contribution in [-0.4, -0.2) is 8.32 Å². The SMILES string of the molecule is C=Cc1cc(C)c(CO[Si](c2ccccc2)(c2ccccc2)C(C)(C)C)cc1C. The van der Waals surface area contributed by atoms with E-state index in [4.69, 9.17) is 4.43 Å². The molecule has 1 nitrogen and oxygen atoms in total. The van der Waals surface area contributed by atoms with Gasteiger partial charge in [-0.2, -0.15) is 0 Å². The zero-order valence-electron chi connectivity index (χ0n) is 18.3. The fraction of sp³-hybridized carbons (Fsp3) is 0.259. The molecule has 0 aromatic heterocycles. The van der Waals surface area contributed by atoms with Gasteiger partial charge in [-0.3, -0.25) is 0 Å². The van der Waals surface area contributed by atoms with Crippen LogP contribution in [0.25, 0.3) is 6.08 Å². The summed E-state index contributed by atoms with van der Waals surface area (Å²) in [6.07, 6.45) is 1.93. The lowest BCUT2D eigenvalue weighted by atomic mass is 10.0. The van der Waals surface area contributed by atoms with E-state index in [0.29, 0.717) is 6.61 Å². The summed E-state index contributed by atoms with van der Waals surface area (Å²) in [5.74, 6) is 0. The van der Waals surface area contributed by atoms with E-state index < -0.39 is 8.32 Å². The van der Waals surface area contributed by atoms with Gasteiger partial charge >= 0.3 is 0 Å². The molecule has 0 heterocycles. The zero-order valence-corrected chi connectivity index (χ0v) is 19.3. The predicted molar refractivity (Wildman–Crippen MR) is 128 cm³/mol. The van der Waals surface area contributed by atoms with Gasteiger partial charge in [0.15, 0.2) is 0 Å². The van der Waals surface area contributed by atoms with Crippen LogP contribution in [0, 0.1) is 13.8 Å². The summed E-state index contributed by atoms with van der Waals surface area (Å²) >= 11 is 0. The fourth-order valence-corrected chi connectivity index (χ4v) is 8.75. The highest BCUT2D eigenvalue weighted by molar-refractivity contribution is 6.99. The van der Waals surface area contributed by atoms with Crippen LogP contribution in [0.15, 0.2) is 79.4 Å². The number of aryl methyl sites for hydroxylation is 2. The van der Waals surface area contributed by atoms with Crippen LogP contribution in [0.2, 0.25) is 5.04 Å². The van der Waals surface area contributed by atoms with Gasteiger partial charge in [-0.05, 0) is 51.5 Å². The predicted octanol–water partition coefficient (Wildman–Crippen LogP) is 6.02. The second kappa shape index (κ2) is 8.52. The molecule has 3 rings (SSSR count). The highest BCUT2D eigenvalue weighted by Gasteiger charge is 2.50. The Kier molecular flexibility index (Phi) is 6.26. The second-order valence-corrected chi connectivity index (χ2v) is 13.1. The summed E-state index contributed by atoms with van der Waals surface area (Å²) in [5, 5.41) is 2.62. The van der Waals surface area contributed by atoms with Gasteiger partial charge in [0.05, 0.1) is 6.61 Å². The molecule has 2 heteroatoms. The van der Waals surface area contributed by atoms with Crippen molar-refractivity contribution < 1.29 is 4.43 Å². The molecule has 0 saturated heterocycles. The van der Waals surface area contributed by atoms with Crippen molar-refractivity contribution in [2.75, 3.05) is 0 Å². The van der Waals surface area contributed by atoms with Gasteiger partial charge in [0.2, 0.25) is 0 Å². The molecular weight excluding hydrogens is 368 g/mol. The summed E-state index contributed by atoms with van der Waals surface area (Å²) in [5.41, 5.74) is 4.94. The standard InChI is InChI=1S/C27H32OSi/c1-7-23-18-22(3)24(19-21(23)2)20-28-29(27(4,5)6,25-14-10-8-11-15-25)26-16-12-9-13-17-26/h7-19H,1,20H2,2-6H3. The van der Waals surface area contributed by atoms with Gasteiger partial charge in [0.25, 0.3) is 8.32 Å². The number of benzene rings is 3. The third-order valence-corrected chi connectivity index (χ3v) is 10.8. The van der Waals surface area contributed by atoms with Crippen LogP contribution >= 0.6 is 0 Å². The third kappa shape index (κ3) is 4.14. The molecule has 0 atom stereocenters. The first kappa shape index (κ1) is 21.3. The van der Waals surface area contributed by atoms with Crippen molar-refractivity contribution in [3.05, 3.63) is 102 Å². The number of hydrogen-bond acceptors (Lipinski definition) is 1. The van der Waals surface area contributed by atoms with Crippen molar-refractivity contribution in [1.29, 1.82) is 0 Å². The Labute approximate surface area is 177 Å². The molecule has 0 radical (unpaired) electrons. The first-order valence-electron chi connectivity index (χ1n) is 10.3. The number of rotatable bonds is 6. The minimum atomic E-state index is -2.51. The van der Waals surface area contributed by atoms with Gasteiger partial charge in [-0.1, -0.05) is 106 Å². The van der Waals surface area contributed by atoms with Crippen molar-refractivity contribution in [3.8, 4) is 0 Å². The van der Waals surface area contributed by atoms with Crippen molar-refractivity contribution in [2.45, 2.75) is 46.3 Å². The van der Waals surface area contributed by atoms with E-state index in [0.717, 1.165) is 0 Å². The molecule has 0 aliphatic rings. The average Bonchev–Trinajstić information content (AvgIpc) is 2.71. The lowest BCUT2D eigenvalue weighted by molar-refractivity contribution is 0.285. The average molecular weight is 401 g/mol. The van der Waals surface area contributed by atoms with Gasteiger partial charge in [-0.25, -0.2) is 0 Å². The highest BCUT2D eigenvalue weighted by atomic mass is 28.4. The van der Waals surface area contributed by atoms with E-state index in [2.05, 4.69) is 114 Å². The van der Waals surface area contributed by atoms with Gasteiger partial charge in [0, 0.05) is 0 Å². The first-order valence-corrected chi connectivity index (χ1v) is 12.2. The molecule has 0 aliphatic carbocycles. The fourth-order valence-electron chi connectivity index (χ4n) is 4.22. The van der Waals surface area contributed by atoms with E-state index in [1.165, 1.54) is 32.6 Å². The Morgan fingerprint density at radius 2 is 1.34 bits per heavy atom. The molecule has 150 valence electrons. The molecule has 0 saturated carbocycles. The summed E-state index contributed by atoms with van der Waals surface area (Å²) in [4.78, 5) is 0. The number of hydrogen-bond donors (Lipinski definition) is 0. The molecular formula is C27H32OSi. The molecule has 0 bridgehead atoms. The van der Waals surface area contributed by atoms with Crippen molar-refractivity contribution in [1.82, 2.24) is 0 Å². The van der Waals surface area contributed by atoms with Crippen LogP contribution in [0.3, 0.4) is 0 Å². The maximum Gasteiger partial charge on any atom is 0.261 e. The molecule has 0 amide bonds. The Morgan fingerprint density at radius 3 is 1.79 bits per heavy atom. The van der Waals surface area contributed by atoms with Crippen molar-refractivity contribution in [3.63, 3.8) is 0 Å².